The molecule has 0 spiro atoms. The molecule has 1 aliphatic rings. The lowest BCUT2D eigenvalue weighted by Gasteiger charge is -2.34. The fourth-order valence-electron chi connectivity index (χ4n) is 4.68. The first kappa shape index (κ1) is 25.5. The number of piperidine rings is 1. The van der Waals surface area contributed by atoms with Crippen LogP contribution in [0.1, 0.15) is 72.7 Å². The van der Waals surface area contributed by atoms with Crippen LogP contribution in [0.4, 0.5) is 4.79 Å². The molecule has 0 aliphatic carbocycles. The Labute approximate surface area is 213 Å². The number of likely N-dealkylation sites (tertiary alicyclic amines) is 1. The predicted molar refractivity (Wildman–Crippen MR) is 139 cm³/mol. The summed E-state index contributed by atoms with van der Waals surface area (Å²) in [6, 6.07) is 14.2. The first-order chi connectivity index (χ1) is 17.1. The monoisotopic (exact) mass is 491 g/mol. The lowest BCUT2D eigenvalue weighted by molar-refractivity contribution is 0.0187. The van der Waals surface area contributed by atoms with Gasteiger partial charge in [-0.3, -0.25) is 9.48 Å². The fourth-order valence-corrected chi connectivity index (χ4v) is 4.68. The Morgan fingerprint density at radius 3 is 2.44 bits per heavy atom. The van der Waals surface area contributed by atoms with Gasteiger partial charge in [0.15, 0.2) is 0 Å². The lowest BCUT2D eigenvalue weighted by Crippen LogP contribution is -2.42. The van der Waals surface area contributed by atoms with Crippen molar-refractivity contribution in [3.63, 3.8) is 0 Å². The third kappa shape index (κ3) is 6.36. The minimum Gasteiger partial charge on any atom is -0.444 e. The minimum atomic E-state index is -0.504. The van der Waals surface area contributed by atoms with E-state index in [1.54, 1.807) is 4.90 Å². The number of hydrogen-bond donors (Lipinski definition) is 1. The zero-order valence-corrected chi connectivity index (χ0v) is 22.0. The van der Waals surface area contributed by atoms with Crippen molar-refractivity contribution in [3.05, 3.63) is 76.9 Å². The largest absolute Gasteiger partial charge is 0.444 e. The maximum atomic E-state index is 13.1. The van der Waals surface area contributed by atoms with E-state index >= 15 is 0 Å². The van der Waals surface area contributed by atoms with Gasteiger partial charge in [-0.25, -0.2) is 4.79 Å². The number of aromatic nitrogens is 3. The normalized spacial score (nSPS) is 14.6. The molecule has 2 amide bonds. The molecule has 4 rings (SSSR count). The average Bonchev–Trinajstić information content (AvgIpc) is 3.43. The van der Waals surface area contributed by atoms with E-state index in [0.717, 1.165) is 35.4 Å². The molecule has 3 heterocycles. The maximum absolute atomic E-state index is 13.1. The van der Waals surface area contributed by atoms with E-state index in [-0.39, 0.29) is 18.0 Å². The number of ether oxygens (including phenoxy) is 1. The Balaban J connectivity index is 1.33. The molecule has 1 aromatic carbocycles. The van der Waals surface area contributed by atoms with Crippen molar-refractivity contribution < 1.29 is 14.3 Å². The van der Waals surface area contributed by atoms with E-state index in [1.165, 1.54) is 0 Å². The van der Waals surface area contributed by atoms with Gasteiger partial charge in [0.1, 0.15) is 11.3 Å². The summed E-state index contributed by atoms with van der Waals surface area (Å²) in [5.74, 6) is -0.0986. The van der Waals surface area contributed by atoms with Gasteiger partial charge in [0.25, 0.3) is 5.91 Å². The van der Waals surface area contributed by atoms with E-state index in [1.807, 2.05) is 67.4 Å². The van der Waals surface area contributed by atoms with E-state index in [0.29, 0.717) is 31.9 Å². The SMILES string of the molecule is Cc1cc(C)n(Cc2cccc(CNC(=O)c3cccn3C3CCN(C(=O)OC(C)(C)C)CC3)c2)n1. The van der Waals surface area contributed by atoms with Gasteiger partial charge in [-0.2, -0.15) is 5.10 Å². The summed E-state index contributed by atoms with van der Waals surface area (Å²) in [7, 11) is 0. The molecule has 1 N–H and O–H groups in total. The zero-order chi connectivity index (χ0) is 25.9. The minimum absolute atomic E-state index is 0.0986. The van der Waals surface area contributed by atoms with Crippen molar-refractivity contribution in [1.82, 2.24) is 24.6 Å². The summed E-state index contributed by atoms with van der Waals surface area (Å²) in [6.07, 6.45) is 3.24. The highest BCUT2D eigenvalue weighted by molar-refractivity contribution is 5.92. The Hall–Kier alpha value is -3.55. The van der Waals surface area contributed by atoms with E-state index < -0.39 is 5.60 Å². The van der Waals surface area contributed by atoms with Crippen molar-refractivity contribution >= 4 is 12.0 Å². The number of benzene rings is 1. The van der Waals surface area contributed by atoms with E-state index in [2.05, 4.69) is 35.5 Å². The molecule has 2 aromatic heterocycles. The Kier molecular flexibility index (Phi) is 7.52. The van der Waals surface area contributed by atoms with Crippen molar-refractivity contribution in [1.29, 1.82) is 0 Å². The molecule has 1 fully saturated rings. The first-order valence-corrected chi connectivity index (χ1v) is 12.6. The van der Waals surface area contributed by atoms with Crippen LogP contribution in [0.15, 0.2) is 48.7 Å². The second kappa shape index (κ2) is 10.6. The van der Waals surface area contributed by atoms with Crippen LogP contribution in [-0.4, -0.2) is 49.9 Å². The summed E-state index contributed by atoms with van der Waals surface area (Å²) in [6.45, 7) is 12.1. The van der Waals surface area contributed by atoms with Crippen LogP contribution >= 0.6 is 0 Å². The predicted octanol–water partition coefficient (Wildman–Crippen LogP) is 4.85. The van der Waals surface area contributed by atoms with Crippen LogP contribution in [0.2, 0.25) is 0 Å². The lowest BCUT2D eigenvalue weighted by atomic mass is 10.0. The fraction of sp³-hybridized carbons (Fsp3) is 0.464. The highest BCUT2D eigenvalue weighted by Gasteiger charge is 2.28. The Morgan fingerprint density at radius 1 is 1.06 bits per heavy atom. The summed E-state index contributed by atoms with van der Waals surface area (Å²) in [5, 5.41) is 7.62. The van der Waals surface area contributed by atoms with Gasteiger partial charge in [0.05, 0.1) is 12.2 Å². The Morgan fingerprint density at radius 2 is 1.78 bits per heavy atom. The van der Waals surface area contributed by atoms with Gasteiger partial charge >= 0.3 is 6.09 Å². The molecular formula is C28H37N5O3. The molecule has 3 aromatic rings. The molecule has 36 heavy (non-hydrogen) atoms. The second-order valence-electron chi connectivity index (χ2n) is 10.6. The standard InChI is InChI=1S/C28H37N5O3/c1-20-16-21(2)33(30-20)19-23-9-6-8-22(17-23)18-29-26(34)25-10-7-13-32(25)24-11-14-31(15-12-24)27(35)36-28(3,4)5/h6-10,13,16-17,24H,11-12,14-15,18-19H2,1-5H3,(H,29,34). The highest BCUT2D eigenvalue weighted by atomic mass is 16.6. The second-order valence-corrected chi connectivity index (χ2v) is 10.6. The number of amides is 2. The van der Waals surface area contributed by atoms with Crippen molar-refractivity contribution in [3.8, 4) is 0 Å². The molecule has 0 radical (unpaired) electrons. The van der Waals surface area contributed by atoms with E-state index in [4.69, 9.17) is 4.74 Å². The highest BCUT2D eigenvalue weighted by Crippen LogP contribution is 2.26. The van der Waals surface area contributed by atoms with Gasteiger partial charge < -0.3 is 19.5 Å². The molecule has 1 aliphatic heterocycles. The third-order valence-electron chi connectivity index (χ3n) is 6.40. The molecule has 8 nitrogen and oxygen atoms in total. The van der Waals surface area contributed by atoms with Gasteiger partial charge in [-0.15, -0.1) is 0 Å². The van der Waals surface area contributed by atoms with Crippen LogP contribution in [0.25, 0.3) is 0 Å². The molecular weight excluding hydrogens is 454 g/mol. The molecule has 8 heteroatoms. The number of carbonyl (C=O) groups excluding carboxylic acids is 2. The number of aryl methyl sites for hydroxylation is 2. The van der Waals surface area contributed by atoms with Crippen molar-refractivity contribution in [2.24, 2.45) is 0 Å². The number of nitrogens with one attached hydrogen (secondary N) is 1. The topological polar surface area (TPSA) is 81.4 Å². The zero-order valence-electron chi connectivity index (χ0n) is 22.0. The number of carbonyl (C=O) groups is 2. The summed E-state index contributed by atoms with van der Waals surface area (Å²) in [4.78, 5) is 27.2. The van der Waals surface area contributed by atoms with Crippen LogP contribution < -0.4 is 5.32 Å². The van der Waals surface area contributed by atoms with Crippen LogP contribution in [0.5, 0.6) is 0 Å². The van der Waals surface area contributed by atoms with Crippen LogP contribution in [0, 0.1) is 13.8 Å². The smallest absolute Gasteiger partial charge is 0.410 e. The molecule has 0 saturated carbocycles. The van der Waals surface area contributed by atoms with Gasteiger partial charge in [0.2, 0.25) is 0 Å². The molecule has 0 atom stereocenters. The molecule has 192 valence electrons. The Bertz CT molecular complexity index is 1210. The van der Waals surface area contributed by atoms with Gasteiger partial charge in [0, 0.05) is 37.6 Å². The van der Waals surface area contributed by atoms with Gasteiger partial charge in [-0.1, -0.05) is 24.3 Å². The molecule has 1 saturated heterocycles. The number of rotatable bonds is 6. The molecule has 0 unspecified atom stereocenters. The van der Waals surface area contributed by atoms with Crippen LogP contribution in [0.3, 0.4) is 0 Å². The van der Waals surface area contributed by atoms with E-state index in [9.17, 15) is 9.59 Å². The average molecular weight is 492 g/mol. The van der Waals surface area contributed by atoms with Crippen LogP contribution in [-0.2, 0) is 17.8 Å². The molecule has 0 bridgehead atoms. The maximum Gasteiger partial charge on any atom is 0.410 e. The summed E-state index contributed by atoms with van der Waals surface area (Å²) in [5.41, 5.74) is 4.47. The summed E-state index contributed by atoms with van der Waals surface area (Å²) < 4.78 is 9.54. The van der Waals surface area contributed by atoms with Crippen molar-refractivity contribution in [2.75, 3.05) is 13.1 Å². The quantitative estimate of drug-likeness (QED) is 0.534. The number of hydrogen-bond acceptors (Lipinski definition) is 4. The third-order valence-corrected chi connectivity index (χ3v) is 6.40. The summed E-state index contributed by atoms with van der Waals surface area (Å²) >= 11 is 0. The van der Waals surface area contributed by atoms with Crippen molar-refractivity contribution in [2.45, 2.75) is 72.2 Å². The first-order valence-electron chi connectivity index (χ1n) is 12.6. The number of nitrogens with zero attached hydrogens (tertiary/aromatic N) is 4. The van der Waals surface area contributed by atoms with Gasteiger partial charge in [-0.05, 0) is 76.8 Å².